The second-order valence-corrected chi connectivity index (χ2v) is 5.76. The van der Waals surface area contributed by atoms with Crippen LogP contribution < -0.4 is 5.73 Å². The van der Waals surface area contributed by atoms with Gasteiger partial charge >= 0.3 is 6.18 Å². The molecule has 21 heavy (non-hydrogen) atoms. The number of hydrogen-bond acceptors (Lipinski definition) is 1. The van der Waals surface area contributed by atoms with Crippen molar-refractivity contribution in [1.82, 2.24) is 0 Å². The fourth-order valence-electron chi connectivity index (χ4n) is 2.98. The summed E-state index contributed by atoms with van der Waals surface area (Å²) in [6.45, 7) is 0. The molecule has 1 aliphatic carbocycles. The molecule has 0 aromatic heterocycles. The Balaban J connectivity index is 1.92. The Bertz CT molecular complexity index is 477. The highest BCUT2D eigenvalue weighted by atomic mass is 19.4. The topological polar surface area (TPSA) is 26.0 Å². The van der Waals surface area contributed by atoms with Gasteiger partial charge in [-0.1, -0.05) is 6.07 Å². The Labute approximate surface area is 120 Å². The lowest BCUT2D eigenvalue weighted by molar-refractivity contribution is -0.184. The summed E-state index contributed by atoms with van der Waals surface area (Å²) in [7, 11) is 0. The average molecular weight is 307 g/mol. The molecule has 1 fully saturated rings. The molecule has 0 aliphatic heterocycles. The molecule has 1 aromatic rings. The Kier molecular flexibility index (Phi) is 4.86. The van der Waals surface area contributed by atoms with E-state index in [0.29, 0.717) is 18.4 Å². The summed E-state index contributed by atoms with van der Waals surface area (Å²) >= 11 is 0. The average Bonchev–Trinajstić information content (AvgIpc) is 2.41. The van der Waals surface area contributed by atoms with Gasteiger partial charge in [-0.2, -0.15) is 13.2 Å². The molecule has 2 rings (SSSR count). The van der Waals surface area contributed by atoms with Crippen LogP contribution in [0.2, 0.25) is 0 Å². The maximum absolute atomic E-state index is 13.6. The predicted molar refractivity (Wildman–Crippen MR) is 69.5 cm³/mol. The largest absolute Gasteiger partial charge is 0.391 e. The van der Waals surface area contributed by atoms with Gasteiger partial charge in [0.25, 0.3) is 0 Å². The number of nitrogens with two attached hydrogens (primary N) is 1. The minimum atomic E-state index is -4.14. The molecule has 0 bridgehead atoms. The third-order valence-electron chi connectivity index (χ3n) is 4.31. The monoisotopic (exact) mass is 307 g/mol. The van der Waals surface area contributed by atoms with Gasteiger partial charge in [-0.15, -0.1) is 0 Å². The first kappa shape index (κ1) is 16.2. The second kappa shape index (κ2) is 6.30. The van der Waals surface area contributed by atoms with Crippen LogP contribution in [-0.4, -0.2) is 12.2 Å². The van der Waals surface area contributed by atoms with Crippen LogP contribution in [0, 0.1) is 23.5 Å². The molecular weight excluding hydrogens is 289 g/mol. The summed E-state index contributed by atoms with van der Waals surface area (Å²) < 4.78 is 64.1. The van der Waals surface area contributed by atoms with E-state index in [4.69, 9.17) is 5.73 Å². The standard InChI is InChI=1S/C15H18F5N/c16-12-6-3-10(13(17)8-12)7-14(21)9-1-4-11(5-2-9)15(18,19)20/h3,6,8-9,11,14H,1-2,4-5,7,21H2. The fraction of sp³-hybridized carbons (Fsp3) is 0.600. The van der Waals surface area contributed by atoms with Gasteiger partial charge in [-0.25, -0.2) is 8.78 Å². The van der Waals surface area contributed by atoms with Crippen molar-refractivity contribution in [2.75, 3.05) is 0 Å². The molecule has 0 saturated heterocycles. The maximum atomic E-state index is 13.6. The van der Waals surface area contributed by atoms with Crippen LogP contribution in [-0.2, 0) is 6.42 Å². The number of hydrogen-bond donors (Lipinski definition) is 1. The molecule has 6 heteroatoms. The first-order valence-corrected chi connectivity index (χ1v) is 7.03. The number of alkyl halides is 3. The number of halogens is 5. The fourth-order valence-corrected chi connectivity index (χ4v) is 2.98. The zero-order chi connectivity index (χ0) is 15.6. The van der Waals surface area contributed by atoms with Crippen molar-refractivity contribution < 1.29 is 22.0 Å². The third-order valence-corrected chi connectivity index (χ3v) is 4.31. The normalized spacial score (nSPS) is 24.9. The molecule has 1 saturated carbocycles. The van der Waals surface area contributed by atoms with Crippen molar-refractivity contribution >= 4 is 0 Å². The van der Waals surface area contributed by atoms with Crippen molar-refractivity contribution in [2.24, 2.45) is 17.6 Å². The molecule has 2 N–H and O–H groups in total. The van der Waals surface area contributed by atoms with E-state index in [1.807, 2.05) is 0 Å². The highest BCUT2D eigenvalue weighted by Crippen LogP contribution is 2.40. The first-order valence-electron chi connectivity index (χ1n) is 7.03. The first-order chi connectivity index (χ1) is 9.77. The van der Waals surface area contributed by atoms with E-state index in [1.165, 1.54) is 6.07 Å². The van der Waals surface area contributed by atoms with Gasteiger partial charge in [-0.3, -0.25) is 0 Å². The van der Waals surface area contributed by atoms with Crippen LogP contribution in [0.4, 0.5) is 22.0 Å². The SMILES string of the molecule is NC(Cc1ccc(F)cc1F)C1CCC(C(F)(F)F)CC1. The molecule has 0 radical (unpaired) electrons. The van der Waals surface area contributed by atoms with Gasteiger partial charge in [0.05, 0.1) is 5.92 Å². The molecule has 0 spiro atoms. The Hall–Kier alpha value is -1.17. The van der Waals surface area contributed by atoms with Crippen LogP contribution in [0.25, 0.3) is 0 Å². The zero-order valence-electron chi connectivity index (χ0n) is 11.5. The summed E-state index contributed by atoms with van der Waals surface area (Å²) in [5.41, 5.74) is 6.31. The lowest BCUT2D eigenvalue weighted by Crippen LogP contribution is -2.37. The van der Waals surface area contributed by atoms with Gasteiger partial charge < -0.3 is 5.73 Å². The van der Waals surface area contributed by atoms with Crippen LogP contribution in [0.5, 0.6) is 0 Å². The van der Waals surface area contributed by atoms with Crippen molar-refractivity contribution in [3.05, 3.63) is 35.4 Å². The number of benzene rings is 1. The molecule has 1 unspecified atom stereocenters. The van der Waals surface area contributed by atoms with Crippen LogP contribution in [0.15, 0.2) is 18.2 Å². The minimum absolute atomic E-state index is 0.0481. The second-order valence-electron chi connectivity index (χ2n) is 5.76. The Morgan fingerprint density at radius 1 is 1.10 bits per heavy atom. The maximum Gasteiger partial charge on any atom is 0.391 e. The summed E-state index contributed by atoms with van der Waals surface area (Å²) in [6.07, 6.45) is -2.98. The quantitative estimate of drug-likeness (QED) is 0.832. The predicted octanol–water partition coefficient (Wildman–Crippen LogP) is 4.20. The van der Waals surface area contributed by atoms with Crippen LogP contribution >= 0.6 is 0 Å². The molecule has 0 heterocycles. The van der Waals surface area contributed by atoms with Crippen molar-refractivity contribution in [2.45, 2.75) is 44.3 Å². The van der Waals surface area contributed by atoms with Gasteiger partial charge in [0.1, 0.15) is 11.6 Å². The van der Waals surface area contributed by atoms with E-state index >= 15 is 0 Å². The van der Waals surface area contributed by atoms with Crippen molar-refractivity contribution in [1.29, 1.82) is 0 Å². The van der Waals surface area contributed by atoms with E-state index in [0.717, 1.165) is 12.1 Å². The van der Waals surface area contributed by atoms with Gasteiger partial charge in [0.2, 0.25) is 0 Å². The summed E-state index contributed by atoms with van der Waals surface area (Å²) in [4.78, 5) is 0. The molecule has 1 aliphatic rings. The molecule has 118 valence electrons. The van der Waals surface area contributed by atoms with Crippen molar-refractivity contribution in [3.8, 4) is 0 Å². The summed E-state index contributed by atoms with van der Waals surface area (Å²) in [5, 5.41) is 0. The highest BCUT2D eigenvalue weighted by molar-refractivity contribution is 5.19. The zero-order valence-corrected chi connectivity index (χ0v) is 11.5. The van der Waals surface area contributed by atoms with E-state index < -0.39 is 29.8 Å². The van der Waals surface area contributed by atoms with E-state index in [2.05, 4.69) is 0 Å². The lowest BCUT2D eigenvalue weighted by atomic mass is 9.77. The minimum Gasteiger partial charge on any atom is -0.327 e. The third kappa shape index (κ3) is 4.15. The molecule has 1 aromatic carbocycles. The molecule has 1 nitrogen and oxygen atoms in total. The Morgan fingerprint density at radius 2 is 1.71 bits per heavy atom. The molecule has 1 atom stereocenters. The van der Waals surface area contributed by atoms with Gasteiger partial charge in [0, 0.05) is 12.1 Å². The van der Waals surface area contributed by atoms with E-state index in [1.54, 1.807) is 0 Å². The summed E-state index contributed by atoms with van der Waals surface area (Å²) in [6, 6.07) is 2.89. The van der Waals surface area contributed by atoms with Crippen molar-refractivity contribution in [3.63, 3.8) is 0 Å². The highest BCUT2D eigenvalue weighted by Gasteiger charge is 2.42. The van der Waals surface area contributed by atoms with E-state index in [-0.39, 0.29) is 25.2 Å². The number of rotatable bonds is 3. The van der Waals surface area contributed by atoms with Crippen LogP contribution in [0.1, 0.15) is 31.2 Å². The molecule has 0 amide bonds. The molecular formula is C15H18F5N. The summed E-state index contributed by atoms with van der Waals surface area (Å²) in [5.74, 6) is -2.61. The lowest BCUT2D eigenvalue weighted by Gasteiger charge is -2.33. The Morgan fingerprint density at radius 3 is 2.24 bits per heavy atom. The van der Waals surface area contributed by atoms with E-state index in [9.17, 15) is 22.0 Å². The smallest absolute Gasteiger partial charge is 0.327 e. The van der Waals surface area contributed by atoms with Gasteiger partial charge in [-0.05, 0) is 49.7 Å². The van der Waals surface area contributed by atoms with Gasteiger partial charge in [0.15, 0.2) is 0 Å². The van der Waals surface area contributed by atoms with Crippen LogP contribution in [0.3, 0.4) is 0 Å².